The molecule has 1 nitrogen and oxygen atoms in total. The summed E-state index contributed by atoms with van der Waals surface area (Å²) in [4.78, 5) is 12.4. The summed E-state index contributed by atoms with van der Waals surface area (Å²) in [6.45, 7) is 0. The lowest BCUT2D eigenvalue weighted by atomic mass is 10.3. The Morgan fingerprint density at radius 2 is 2.07 bits per heavy atom. The molecule has 1 aromatic rings. The fraction of sp³-hybridized carbons (Fsp3) is 0.364. The summed E-state index contributed by atoms with van der Waals surface area (Å²) >= 11 is 13.2. The average molecular weight is 261 g/mol. The van der Waals surface area contributed by atoms with E-state index < -0.39 is 0 Å². The highest BCUT2D eigenvalue weighted by molar-refractivity contribution is 8.00. The van der Waals surface area contributed by atoms with Crippen molar-refractivity contribution in [2.45, 2.75) is 17.7 Å². The third kappa shape index (κ3) is 3.13. The van der Waals surface area contributed by atoms with Crippen LogP contribution in [0.1, 0.15) is 12.8 Å². The van der Waals surface area contributed by atoms with Crippen LogP contribution in [-0.4, -0.2) is 11.5 Å². The molecule has 1 aliphatic rings. The fourth-order valence-corrected chi connectivity index (χ4v) is 2.52. The lowest BCUT2D eigenvalue weighted by molar-refractivity contribution is -0.117. The number of carbonyl (C=O) groups excluding carboxylic acids is 1. The molecule has 0 N–H and O–H groups in total. The first-order valence-corrected chi connectivity index (χ1v) is 6.51. The number of hydrogen-bond donors (Lipinski definition) is 0. The number of benzene rings is 1. The molecule has 1 aromatic carbocycles. The van der Waals surface area contributed by atoms with Crippen LogP contribution in [0.5, 0.6) is 0 Å². The van der Waals surface area contributed by atoms with E-state index in [0.717, 1.165) is 17.7 Å². The van der Waals surface area contributed by atoms with E-state index in [2.05, 4.69) is 0 Å². The molecule has 1 saturated carbocycles. The summed E-state index contributed by atoms with van der Waals surface area (Å²) in [5.41, 5.74) is 0. The molecule has 0 atom stereocenters. The molecule has 0 spiro atoms. The van der Waals surface area contributed by atoms with Gasteiger partial charge in [-0.2, -0.15) is 0 Å². The van der Waals surface area contributed by atoms with Gasteiger partial charge in [0, 0.05) is 10.8 Å². The second-order valence-electron chi connectivity index (χ2n) is 3.61. The SMILES string of the molecule is O=C(CSc1ccc(Cl)c(Cl)c1)C1CC1. The number of rotatable bonds is 4. The van der Waals surface area contributed by atoms with Crippen molar-refractivity contribution in [3.63, 3.8) is 0 Å². The molecule has 0 radical (unpaired) electrons. The van der Waals surface area contributed by atoms with Crippen molar-refractivity contribution in [1.29, 1.82) is 0 Å². The number of ketones is 1. The van der Waals surface area contributed by atoms with E-state index in [-0.39, 0.29) is 0 Å². The molecule has 0 aromatic heterocycles. The maximum absolute atomic E-state index is 11.5. The number of hydrogen-bond acceptors (Lipinski definition) is 2. The molecule has 1 aliphatic carbocycles. The van der Waals surface area contributed by atoms with Gasteiger partial charge in [0.25, 0.3) is 0 Å². The Kier molecular flexibility index (Phi) is 3.60. The molecule has 1 fully saturated rings. The van der Waals surface area contributed by atoms with Gasteiger partial charge < -0.3 is 0 Å². The van der Waals surface area contributed by atoms with Gasteiger partial charge in [0.15, 0.2) is 0 Å². The predicted molar refractivity (Wildman–Crippen MR) is 64.9 cm³/mol. The van der Waals surface area contributed by atoms with Gasteiger partial charge in [0.2, 0.25) is 0 Å². The monoisotopic (exact) mass is 260 g/mol. The first-order chi connectivity index (χ1) is 7.16. The highest BCUT2D eigenvalue weighted by Gasteiger charge is 2.28. The molecule has 4 heteroatoms. The van der Waals surface area contributed by atoms with Gasteiger partial charge >= 0.3 is 0 Å². The topological polar surface area (TPSA) is 17.1 Å². The second-order valence-corrected chi connectivity index (χ2v) is 5.47. The summed E-state index contributed by atoms with van der Waals surface area (Å²) in [6.07, 6.45) is 2.14. The Bertz CT molecular complexity index is 388. The Hall–Kier alpha value is -0.180. The van der Waals surface area contributed by atoms with Crippen LogP contribution < -0.4 is 0 Å². The first-order valence-electron chi connectivity index (χ1n) is 4.77. The lowest BCUT2D eigenvalue weighted by Gasteiger charge is -2.02. The van der Waals surface area contributed by atoms with E-state index in [0.29, 0.717) is 27.5 Å². The zero-order valence-corrected chi connectivity index (χ0v) is 10.3. The van der Waals surface area contributed by atoms with Gasteiger partial charge in [0.05, 0.1) is 15.8 Å². The van der Waals surface area contributed by atoms with Gasteiger partial charge in [-0.3, -0.25) is 4.79 Å². The van der Waals surface area contributed by atoms with Crippen LogP contribution in [0, 0.1) is 5.92 Å². The Morgan fingerprint density at radius 3 is 2.67 bits per heavy atom. The van der Waals surface area contributed by atoms with Gasteiger partial charge in [-0.25, -0.2) is 0 Å². The van der Waals surface area contributed by atoms with Crippen LogP contribution >= 0.6 is 35.0 Å². The second kappa shape index (κ2) is 4.77. The third-order valence-corrected chi connectivity index (χ3v) is 4.06. The summed E-state index contributed by atoms with van der Waals surface area (Å²) in [5, 5.41) is 1.09. The zero-order valence-electron chi connectivity index (χ0n) is 8.00. The highest BCUT2D eigenvalue weighted by atomic mass is 35.5. The Balaban J connectivity index is 1.92. The van der Waals surface area contributed by atoms with E-state index in [1.807, 2.05) is 6.07 Å². The number of halogens is 2. The Labute approximate surface area is 103 Å². The lowest BCUT2D eigenvalue weighted by Crippen LogP contribution is -2.02. The minimum atomic E-state index is 0.334. The third-order valence-electron chi connectivity index (χ3n) is 2.30. The molecule has 2 rings (SSSR count). The molecule has 0 heterocycles. The quantitative estimate of drug-likeness (QED) is 0.760. The van der Waals surface area contributed by atoms with Gasteiger partial charge in [-0.15, -0.1) is 11.8 Å². The first kappa shape index (κ1) is 11.3. The highest BCUT2D eigenvalue weighted by Crippen LogP contribution is 2.33. The summed E-state index contributed by atoms with van der Waals surface area (Å²) in [5.74, 6) is 1.23. The maximum Gasteiger partial charge on any atom is 0.146 e. The van der Waals surface area contributed by atoms with Crippen molar-refractivity contribution in [1.82, 2.24) is 0 Å². The molecular formula is C11H10Cl2OS. The molecule has 0 aliphatic heterocycles. The van der Waals surface area contributed by atoms with E-state index >= 15 is 0 Å². The molecule has 80 valence electrons. The fourth-order valence-electron chi connectivity index (χ4n) is 1.24. The van der Waals surface area contributed by atoms with Crippen LogP contribution in [0.2, 0.25) is 10.0 Å². The van der Waals surface area contributed by atoms with Crippen molar-refractivity contribution in [3.8, 4) is 0 Å². The van der Waals surface area contributed by atoms with Gasteiger partial charge in [-0.05, 0) is 31.0 Å². The summed E-state index contributed by atoms with van der Waals surface area (Å²) in [7, 11) is 0. The summed E-state index contributed by atoms with van der Waals surface area (Å²) in [6, 6.07) is 5.45. The van der Waals surface area contributed by atoms with E-state index in [4.69, 9.17) is 23.2 Å². The van der Waals surface area contributed by atoms with Crippen molar-refractivity contribution < 1.29 is 4.79 Å². The predicted octanol–water partition coefficient (Wildman–Crippen LogP) is 4.06. The maximum atomic E-state index is 11.5. The largest absolute Gasteiger partial charge is 0.298 e. The van der Waals surface area contributed by atoms with Crippen molar-refractivity contribution in [3.05, 3.63) is 28.2 Å². The molecule has 15 heavy (non-hydrogen) atoms. The minimum Gasteiger partial charge on any atom is -0.298 e. The molecule has 0 bridgehead atoms. The molecule has 0 amide bonds. The van der Waals surface area contributed by atoms with Crippen LogP contribution in [0.15, 0.2) is 23.1 Å². The molecule has 0 unspecified atom stereocenters. The van der Waals surface area contributed by atoms with Crippen molar-refractivity contribution in [2.75, 3.05) is 5.75 Å². The van der Waals surface area contributed by atoms with Crippen molar-refractivity contribution >= 4 is 40.7 Å². The molecular weight excluding hydrogens is 251 g/mol. The van der Waals surface area contributed by atoms with Crippen molar-refractivity contribution in [2.24, 2.45) is 5.92 Å². The van der Waals surface area contributed by atoms with Gasteiger partial charge in [-0.1, -0.05) is 23.2 Å². The van der Waals surface area contributed by atoms with Crippen LogP contribution in [-0.2, 0) is 4.79 Å². The smallest absolute Gasteiger partial charge is 0.146 e. The van der Waals surface area contributed by atoms with E-state index in [1.54, 1.807) is 12.1 Å². The minimum absolute atomic E-state index is 0.334. The van der Waals surface area contributed by atoms with E-state index in [9.17, 15) is 4.79 Å². The number of Topliss-reactive ketones (excluding diaryl/α,β-unsaturated/α-hetero) is 1. The molecule has 0 saturated heterocycles. The number of carbonyl (C=O) groups is 1. The van der Waals surface area contributed by atoms with Gasteiger partial charge in [0.1, 0.15) is 5.78 Å². The standard InChI is InChI=1S/C11H10Cl2OS/c12-9-4-3-8(5-10(9)13)15-6-11(14)7-1-2-7/h3-5,7H,1-2,6H2. The average Bonchev–Trinajstić information content (AvgIpc) is 3.03. The normalized spacial score (nSPS) is 15.3. The van der Waals surface area contributed by atoms with E-state index in [1.165, 1.54) is 11.8 Å². The zero-order chi connectivity index (χ0) is 10.8. The van der Waals surface area contributed by atoms with Crippen LogP contribution in [0.4, 0.5) is 0 Å². The van der Waals surface area contributed by atoms with Crippen LogP contribution in [0.25, 0.3) is 0 Å². The summed E-state index contributed by atoms with van der Waals surface area (Å²) < 4.78 is 0. The number of thioether (sulfide) groups is 1. The van der Waals surface area contributed by atoms with Crippen LogP contribution in [0.3, 0.4) is 0 Å². The Morgan fingerprint density at radius 1 is 1.33 bits per heavy atom.